The lowest BCUT2D eigenvalue weighted by Gasteiger charge is -2.17. The molecule has 0 fully saturated rings. The van der Waals surface area contributed by atoms with E-state index < -0.39 is 7.60 Å². The van der Waals surface area contributed by atoms with E-state index in [1.54, 1.807) is 0 Å². The molecule has 0 radical (unpaired) electrons. The Kier molecular flexibility index (Phi) is 14.1. The van der Waals surface area contributed by atoms with Crippen LogP contribution in [0.1, 0.15) is 19.8 Å². The molecular weight excluding hydrogens is 247 g/mol. The minimum absolute atomic E-state index is 0. The van der Waals surface area contributed by atoms with Crippen LogP contribution in [0.2, 0.25) is 0 Å². The van der Waals surface area contributed by atoms with Crippen molar-refractivity contribution < 1.29 is 19.3 Å². The lowest BCUT2D eigenvalue weighted by atomic mass is 10.4. The molecule has 0 aromatic heterocycles. The molecule has 0 aliphatic carbocycles. The third-order valence-electron chi connectivity index (χ3n) is 1.69. The van der Waals surface area contributed by atoms with Crippen molar-refractivity contribution >= 4 is 7.60 Å². The van der Waals surface area contributed by atoms with Gasteiger partial charge in [-0.3, -0.25) is 4.57 Å². The molecule has 0 unspecified atom stereocenters. The average molecular weight is 272 g/mol. The maximum absolute atomic E-state index is 12.1. The second-order valence-electron chi connectivity index (χ2n) is 3.24. The zero-order valence-electron chi connectivity index (χ0n) is 10.3. The lowest BCUT2D eigenvalue weighted by Crippen LogP contribution is -2.26. The van der Waals surface area contributed by atoms with Crippen molar-refractivity contribution in [1.29, 1.82) is 0 Å². The van der Waals surface area contributed by atoms with Gasteiger partial charge in [-0.05, 0) is 6.42 Å². The van der Waals surface area contributed by atoms with Crippen molar-refractivity contribution in [1.82, 2.24) is 11.0 Å². The summed E-state index contributed by atoms with van der Waals surface area (Å²) >= 11 is 0. The summed E-state index contributed by atoms with van der Waals surface area (Å²) < 4.78 is 22.1. The van der Waals surface area contributed by atoms with Crippen molar-refractivity contribution in [2.24, 2.45) is 11.5 Å². The fourth-order valence-electron chi connectivity index (χ4n) is 0.868. The zero-order valence-corrected chi connectivity index (χ0v) is 11.2. The molecule has 0 aromatic rings. The molecule has 0 aliphatic heterocycles. The van der Waals surface area contributed by atoms with Gasteiger partial charge in [-0.1, -0.05) is 13.3 Å². The lowest BCUT2D eigenvalue weighted by molar-refractivity contribution is 0.103. The molecule has 8 N–H and O–H groups in total. The van der Waals surface area contributed by atoms with Crippen molar-refractivity contribution in [3.05, 3.63) is 0 Å². The van der Waals surface area contributed by atoms with E-state index in [2.05, 4.69) is 11.0 Å². The SMILES string of the molecule is CCCCP(=O)(ONCCN)ONCCN.O. The van der Waals surface area contributed by atoms with E-state index in [1.807, 2.05) is 6.92 Å². The van der Waals surface area contributed by atoms with Crippen LogP contribution in [0.15, 0.2) is 0 Å². The minimum Gasteiger partial charge on any atom is -0.412 e. The van der Waals surface area contributed by atoms with Crippen LogP contribution in [-0.2, 0) is 13.8 Å². The van der Waals surface area contributed by atoms with Gasteiger partial charge in [0, 0.05) is 26.2 Å². The highest BCUT2D eigenvalue weighted by Crippen LogP contribution is 2.46. The quantitative estimate of drug-likeness (QED) is 0.217. The Hall–Kier alpha value is -0.0500. The van der Waals surface area contributed by atoms with Crippen LogP contribution in [-0.4, -0.2) is 37.8 Å². The maximum atomic E-state index is 12.1. The molecule has 0 aliphatic rings. The Balaban J connectivity index is 0. The number of hydrogen-bond donors (Lipinski definition) is 4. The normalized spacial score (nSPS) is 11.2. The first-order chi connectivity index (χ1) is 7.68. The Morgan fingerprint density at radius 3 is 1.94 bits per heavy atom. The predicted molar refractivity (Wildman–Crippen MR) is 67.3 cm³/mol. The predicted octanol–water partition coefficient (Wildman–Crippen LogP) is -0.885. The van der Waals surface area contributed by atoms with Gasteiger partial charge >= 0.3 is 7.60 Å². The molecule has 0 saturated heterocycles. The first-order valence-corrected chi connectivity index (χ1v) is 7.23. The number of hydroxylamine groups is 2. The van der Waals surface area contributed by atoms with Crippen molar-refractivity contribution in [2.75, 3.05) is 32.3 Å². The first kappa shape index (κ1) is 19.3. The van der Waals surface area contributed by atoms with Crippen molar-refractivity contribution in [2.45, 2.75) is 19.8 Å². The van der Waals surface area contributed by atoms with Crippen LogP contribution in [0, 0.1) is 0 Å². The summed E-state index contributed by atoms with van der Waals surface area (Å²) in [5.41, 5.74) is 15.6. The summed E-state index contributed by atoms with van der Waals surface area (Å²) in [4.78, 5) is 0. The first-order valence-electron chi connectivity index (χ1n) is 5.50. The molecular formula is C8H25N4O4P. The largest absolute Gasteiger partial charge is 0.412 e. The van der Waals surface area contributed by atoms with E-state index >= 15 is 0 Å². The second-order valence-corrected chi connectivity index (χ2v) is 5.27. The van der Waals surface area contributed by atoms with Gasteiger partial charge < -0.3 is 16.9 Å². The van der Waals surface area contributed by atoms with Crippen LogP contribution in [0.25, 0.3) is 0 Å². The molecule has 0 bridgehead atoms. The van der Waals surface area contributed by atoms with Crippen LogP contribution in [0.4, 0.5) is 0 Å². The van der Waals surface area contributed by atoms with Gasteiger partial charge in [0.2, 0.25) is 0 Å². The van der Waals surface area contributed by atoms with E-state index in [1.165, 1.54) is 0 Å². The van der Waals surface area contributed by atoms with Crippen molar-refractivity contribution in [3.63, 3.8) is 0 Å². The Morgan fingerprint density at radius 2 is 1.59 bits per heavy atom. The molecule has 0 atom stereocenters. The summed E-state index contributed by atoms with van der Waals surface area (Å²) in [6, 6.07) is 0. The standard InChI is InChI=1S/C8H23N4O3P.H2O/c1-2-3-8-16(13,14-11-6-4-9)15-12-7-5-10;/h11-12H,2-10H2,1H3;1H2. The highest BCUT2D eigenvalue weighted by molar-refractivity contribution is 7.53. The molecule has 0 spiro atoms. The maximum Gasteiger partial charge on any atom is 0.363 e. The molecule has 0 saturated carbocycles. The summed E-state index contributed by atoms with van der Waals surface area (Å²) in [5, 5.41) is 0. The number of unbranched alkanes of at least 4 members (excludes halogenated alkanes) is 1. The molecule has 8 nitrogen and oxygen atoms in total. The van der Waals surface area contributed by atoms with Gasteiger partial charge in [-0.25, -0.2) is 9.25 Å². The second kappa shape index (κ2) is 12.4. The van der Waals surface area contributed by atoms with Crippen LogP contribution in [0.3, 0.4) is 0 Å². The topological polar surface area (TPSA) is 143 Å². The van der Waals surface area contributed by atoms with E-state index in [0.717, 1.165) is 12.8 Å². The van der Waals surface area contributed by atoms with E-state index in [9.17, 15) is 4.57 Å². The summed E-state index contributed by atoms with van der Waals surface area (Å²) in [6.07, 6.45) is 2.05. The number of nitrogens with two attached hydrogens (primary N) is 2. The summed E-state index contributed by atoms with van der Waals surface area (Å²) in [5.74, 6) is 0. The highest BCUT2D eigenvalue weighted by Gasteiger charge is 2.24. The van der Waals surface area contributed by atoms with Gasteiger partial charge in [0.1, 0.15) is 0 Å². The monoisotopic (exact) mass is 272 g/mol. The van der Waals surface area contributed by atoms with Gasteiger partial charge in [-0.2, -0.15) is 11.0 Å². The number of nitrogens with one attached hydrogen (secondary N) is 2. The third kappa shape index (κ3) is 10.8. The van der Waals surface area contributed by atoms with E-state index in [4.69, 9.17) is 20.7 Å². The fraction of sp³-hybridized carbons (Fsp3) is 1.00. The number of hydrogen-bond acceptors (Lipinski definition) is 7. The van der Waals surface area contributed by atoms with Gasteiger partial charge in [0.25, 0.3) is 0 Å². The minimum atomic E-state index is -3.13. The Bertz CT molecular complexity index is 194. The smallest absolute Gasteiger partial charge is 0.363 e. The van der Waals surface area contributed by atoms with Crippen molar-refractivity contribution in [3.8, 4) is 0 Å². The van der Waals surface area contributed by atoms with Crippen LogP contribution >= 0.6 is 7.60 Å². The highest BCUT2D eigenvalue weighted by atomic mass is 31.2. The van der Waals surface area contributed by atoms with Gasteiger partial charge in [0.15, 0.2) is 0 Å². The fourth-order valence-corrected chi connectivity index (χ4v) is 2.37. The third-order valence-corrected chi connectivity index (χ3v) is 3.36. The van der Waals surface area contributed by atoms with Gasteiger partial charge in [-0.15, -0.1) is 0 Å². The molecule has 0 aromatic carbocycles. The van der Waals surface area contributed by atoms with E-state index in [0.29, 0.717) is 32.3 Å². The van der Waals surface area contributed by atoms with Crippen LogP contribution < -0.4 is 22.4 Å². The molecule has 0 amide bonds. The summed E-state index contributed by atoms with van der Waals surface area (Å²) in [7, 11) is -3.13. The average Bonchev–Trinajstić information content (AvgIpc) is 2.27. The van der Waals surface area contributed by atoms with E-state index in [-0.39, 0.29) is 5.48 Å². The summed E-state index contributed by atoms with van der Waals surface area (Å²) in [6.45, 7) is 3.67. The molecule has 106 valence electrons. The Morgan fingerprint density at radius 1 is 1.12 bits per heavy atom. The molecule has 9 heteroatoms. The molecule has 17 heavy (non-hydrogen) atoms. The van der Waals surface area contributed by atoms with Gasteiger partial charge in [0.05, 0.1) is 6.16 Å². The molecule has 0 heterocycles. The zero-order chi connectivity index (χ0) is 12.3. The molecule has 0 rings (SSSR count). The Labute approximate surface area is 102 Å². The number of rotatable bonds is 11. The van der Waals surface area contributed by atoms with Crippen LogP contribution in [0.5, 0.6) is 0 Å².